The first kappa shape index (κ1) is 17.1. The van der Waals surface area contributed by atoms with Crippen LogP contribution in [0, 0.1) is 13.8 Å². The van der Waals surface area contributed by atoms with E-state index in [9.17, 15) is 4.79 Å². The molecular formula is C16H24N4O3. The number of aromatic nitrogens is 1. The van der Waals surface area contributed by atoms with Crippen LogP contribution in [0.4, 0.5) is 4.79 Å². The van der Waals surface area contributed by atoms with Gasteiger partial charge in [0.15, 0.2) is 0 Å². The Morgan fingerprint density at radius 2 is 2.09 bits per heavy atom. The first-order chi connectivity index (χ1) is 10.9. The summed E-state index contributed by atoms with van der Waals surface area (Å²) in [7, 11) is 5.65. The third-order valence-corrected chi connectivity index (χ3v) is 3.86. The van der Waals surface area contributed by atoms with Crippen LogP contribution in [-0.4, -0.2) is 48.7 Å². The standard InChI is InChI=1S/C16H24N4O3/c1-11-13(12(2)23-18-11)10-20(5)16(21)17-9-14(19(3)4)15-7-6-8-22-15/h6-8,14H,9-10H2,1-5H3,(H,17,21)/t14-/m1/s1. The third-order valence-electron chi connectivity index (χ3n) is 3.86. The Hall–Kier alpha value is -2.28. The van der Waals surface area contributed by atoms with E-state index >= 15 is 0 Å². The van der Waals surface area contributed by atoms with Gasteiger partial charge >= 0.3 is 6.03 Å². The van der Waals surface area contributed by atoms with Gasteiger partial charge in [-0.05, 0) is 40.1 Å². The largest absolute Gasteiger partial charge is 0.468 e. The van der Waals surface area contributed by atoms with E-state index in [2.05, 4.69) is 10.5 Å². The van der Waals surface area contributed by atoms with Crippen molar-refractivity contribution in [2.75, 3.05) is 27.7 Å². The predicted molar refractivity (Wildman–Crippen MR) is 86.0 cm³/mol. The van der Waals surface area contributed by atoms with Gasteiger partial charge in [-0.25, -0.2) is 4.79 Å². The van der Waals surface area contributed by atoms with Crippen LogP contribution >= 0.6 is 0 Å². The number of likely N-dealkylation sites (N-methyl/N-ethyl adjacent to an activating group) is 1. The Labute approximate surface area is 136 Å². The molecule has 0 fully saturated rings. The zero-order chi connectivity index (χ0) is 17.0. The molecule has 2 heterocycles. The van der Waals surface area contributed by atoms with E-state index in [0.717, 1.165) is 22.8 Å². The highest BCUT2D eigenvalue weighted by Crippen LogP contribution is 2.18. The maximum atomic E-state index is 12.3. The van der Waals surface area contributed by atoms with Gasteiger partial charge in [-0.3, -0.25) is 4.90 Å². The second kappa shape index (κ2) is 7.32. The molecule has 126 valence electrons. The van der Waals surface area contributed by atoms with Crippen molar-refractivity contribution in [3.05, 3.63) is 41.2 Å². The highest BCUT2D eigenvalue weighted by atomic mass is 16.5. The lowest BCUT2D eigenvalue weighted by molar-refractivity contribution is 0.197. The van der Waals surface area contributed by atoms with Gasteiger partial charge in [0.1, 0.15) is 11.5 Å². The SMILES string of the molecule is Cc1noc(C)c1CN(C)C(=O)NC[C@H](c1ccco1)N(C)C. The first-order valence-corrected chi connectivity index (χ1v) is 7.50. The zero-order valence-corrected chi connectivity index (χ0v) is 14.3. The zero-order valence-electron chi connectivity index (χ0n) is 14.3. The van der Waals surface area contributed by atoms with Crippen molar-refractivity contribution in [2.24, 2.45) is 0 Å². The molecule has 2 rings (SSSR count). The molecule has 2 amide bonds. The fourth-order valence-electron chi connectivity index (χ4n) is 2.37. The molecule has 2 aromatic heterocycles. The van der Waals surface area contributed by atoms with Crippen LogP contribution in [-0.2, 0) is 6.54 Å². The molecule has 1 atom stereocenters. The van der Waals surface area contributed by atoms with E-state index in [1.54, 1.807) is 18.2 Å². The van der Waals surface area contributed by atoms with Crippen molar-refractivity contribution < 1.29 is 13.7 Å². The lowest BCUT2D eigenvalue weighted by Gasteiger charge is -2.24. The molecule has 0 aliphatic carbocycles. The summed E-state index contributed by atoms with van der Waals surface area (Å²) in [6.45, 7) is 4.64. The van der Waals surface area contributed by atoms with Gasteiger partial charge < -0.3 is 19.2 Å². The van der Waals surface area contributed by atoms with Crippen molar-refractivity contribution in [1.82, 2.24) is 20.3 Å². The quantitative estimate of drug-likeness (QED) is 0.884. The number of hydrogen-bond donors (Lipinski definition) is 1. The number of carbonyl (C=O) groups excluding carboxylic acids is 1. The molecule has 0 bridgehead atoms. The van der Waals surface area contributed by atoms with E-state index in [1.165, 1.54) is 0 Å². The van der Waals surface area contributed by atoms with Crippen molar-refractivity contribution in [1.29, 1.82) is 0 Å². The molecule has 0 aliphatic rings. The van der Waals surface area contributed by atoms with E-state index in [4.69, 9.17) is 8.94 Å². The molecule has 7 heteroatoms. The Kier molecular flexibility index (Phi) is 5.44. The van der Waals surface area contributed by atoms with Gasteiger partial charge in [-0.2, -0.15) is 0 Å². The number of urea groups is 1. The van der Waals surface area contributed by atoms with Crippen molar-refractivity contribution in [3.8, 4) is 0 Å². The summed E-state index contributed by atoms with van der Waals surface area (Å²) in [5.74, 6) is 1.56. The van der Waals surface area contributed by atoms with Crippen LogP contribution in [0.2, 0.25) is 0 Å². The number of furan rings is 1. The summed E-state index contributed by atoms with van der Waals surface area (Å²) < 4.78 is 10.6. The molecule has 1 N–H and O–H groups in total. The number of nitrogens with one attached hydrogen (secondary N) is 1. The van der Waals surface area contributed by atoms with Crippen molar-refractivity contribution >= 4 is 6.03 Å². The Bertz CT molecular complexity index is 614. The molecule has 7 nitrogen and oxygen atoms in total. The van der Waals surface area contributed by atoms with Crippen LogP contribution in [0.25, 0.3) is 0 Å². The fourth-order valence-corrected chi connectivity index (χ4v) is 2.37. The van der Waals surface area contributed by atoms with Gasteiger partial charge in [0, 0.05) is 19.2 Å². The van der Waals surface area contributed by atoms with Gasteiger partial charge in [-0.15, -0.1) is 0 Å². The van der Waals surface area contributed by atoms with Gasteiger partial charge in [0.05, 0.1) is 24.5 Å². The smallest absolute Gasteiger partial charge is 0.317 e. The number of hydrogen-bond acceptors (Lipinski definition) is 5. The number of rotatable bonds is 6. The summed E-state index contributed by atoms with van der Waals surface area (Å²) in [4.78, 5) is 15.9. The topological polar surface area (TPSA) is 74.8 Å². The summed E-state index contributed by atoms with van der Waals surface area (Å²) >= 11 is 0. The second-order valence-corrected chi connectivity index (χ2v) is 5.84. The Balaban J connectivity index is 1.93. The minimum Gasteiger partial charge on any atom is -0.468 e. The van der Waals surface area contributed by atoms with Gasteiger partial charge in [0.25, 0.3) is 0 Å². The predicted octanol–water partition coefficient (Wildman–Crippen LogP) is 2.33. The lowest BCUT2D eigenvalue weighted by Crippen LogP contribution is -2.41. The van der Waals surface area contributed by atoms with E-state index in [-0.39, 0.29) is 12.1 Å². The highest BCUT2D eigenvalue weighted by Gasteiger charge is 2.20. The number of carbonyl (C=O) groups is 1. The summed E-state index contributed by atoms with van der Waals surface area (Å²) in [6.07, 6.45) is 1.64. The molecule has 2 aromatic rings. The molecule has 0 unspecified atom stereocenters. The molecule has 0 saturated carbocycles. The van der Waals surface area contributed by atoms with Crippen molar-refractivity contribution in [2.45, 2.75) is 26.4 Å². The number of aryl methyl sites for hydroxylation is 2. The van der Waals surface area contributed by atoms with Gasteiger partial charge in [0.2, 0.25) is 0 Å². The molecule has 23 heavy (non-hydrogen) atoms. The van der Waals surface area contributed by atoms with Gasteiger partial charge in [-0.1, -0.05) is 5.16 Å². The maximum absolute atomic E-state index is 12.3. The molecule has 0 aliphatic heterocycles. The van der Waals surface area contributed by atoms with Crippen LogP contribution in [0.1, 0.15) is 28.8 Å². The molecule has 0 radical (unpaired) electrons. The minimum atomic E-state index is -0.150. The summed E-state index contributed by atoms with van der Waals surface area (Å²) in [5, 5.41) is 6.85. The highest BCUT2D eigenvalue weighted by molar-refractivity contribution is 5.73. The molecule has 0 saturated heterocycles. The van der Waals surface area contributed by atoms with Crippen molar-refractivity contribution in [3.63, 3.8) is 0 Å². The van der Waals surface area contributed by atoms with Crippen LogP contribution in [0.3, 0.4) is 0 Å². The Morgan fingerprint density at radius 1 is 1.35 bits per heavy atom. The average Bonchev–Trinajstić information content (AvgIpc) is 3.12. The monoisotopic (exact) mass is 320 g/mol. The third kappa shape index (κ3) is 4.13. The first-order valence-electron chi connectivity index (χ1n) is 7.50. The van der Waals surface area contributed by atoms with Crippen LogP contribution < -0.4 is 5.32 Å². The number of amides is 2. The Morgan fingerprint density at radius 3 is 2.61 bits per heavy atom. The molecular weight excluding hydrogens is 296 g/mol. The van der Waals surface area contributed by atoms with E-state index in [1.807, 2.05) is 45.0 Å². The summed E-state index contributed by atoms with van der Waals surface area (Å²) in [6, 6.07) is 3.59. The second-order valence-electron chi connectivity index (χ2n) is 5.84. The van der Waals surface area contributed by atoms with E-state index in [0.29, 0.717) is 13.1 Å². The maximum Gasteiger partial charge on any atom is 0.317 e. The summed E-state index contributed by atoms with van der Waals surface area (Å²) in [5.41, 5.74) is 1.75. The van der Waals surface area contributed by atoms with Crippen LogP contribution in [0.15, 0.2) is 27.3 Å². The van der Waals surface area contributed by atoms with E-state index < -0.39 is 0 Å². The average molecular weight is 320 g/mol. The normalized spacial score (nSPS) is 12.4. The minimum absolute atomic E-state index is 0.0126. The molecule has 0 spiro atoms. The number of nitrogens with zero attached hydrogens (tertiary/aromatic N) is 3. The molecule has 0 aromatic carbocycles. The fraction of sp³-hybridized carbons (Fsp3) is 0.500. The van der Waals surface area contributed by atoms with Crippen LogP contribution in [0.5, 0.6) is 0 Å². The lowest BCUT2D eigenvalue weighted by atomic mass is 10.2.